The molecule has 6 heteroatoms. The van der Waals surface area contributed by atoms with Gasteiger partial charge in [-0.3, -0.25) is 0 Å². The minimum Gasteiger partial charge on any atom is -0.375 e. The molecule has 0 saturated heterocycles. The zero-order valence-electron chi connectivity index (χ0n) is 12.3. The molecule has 0 aliphatic carbocycles. The maximum absolute atomic E-state index is 5.65. The third-order valence-electron chi connectivity index (χ3n) is 2.97. The maximum Gasteiger partial charge on any atom is 0.0964 e. The molecule has 1 aromatic heterocycles. The van der Waals surface area contributed by atoms with E-state index in [1.54, 1.807) is 0 Å². The number of nitrogens with one attached hydrogen (secondary N) is 1. The summed E-state index contributed by atoms with van der Waals surface area (Å²) in [6, 6.07) is 8.14. The van der Waals surface area contributed by atoms with Crippen LogP contribution in [0.15, 0.2) is 34.9 Å². The Hall–Kier alpha value is -1.24. The van der Waals surface area contributed by atoms with Crippen molar-refractivity contribution in [2.75, 3.05) is 13.2 Å². The zero-order valence-corrected chi connectivity index (χ0v) is 13.8. The number of benzene rings is 1. The van der Waals surface area contributed by atoms with Crippen molar-refractivity contribution in [2.24, 2.45) is 0 Å². The summed E-state index contributed by atoms with van der Waals surface area (Å²) < 4.78 is 8.56. The normalized spacial score (nSPS) is 11.0. The van der Waals surface area contributed by atoms with Gasteiger partial charge in [0.25, 0.3) is 0 Å². The van der Waals surface area contributed by atoms with E-state index in [-0.39, 0.29) is 0 Å². The van der Waals surface area contributed by atoms with E-state index in [0.29, 0.717) is 13.2 Å². The van der Waals surface area contributed by atoms with Crippen LogP contribution in [0.2, 0.25) is 0 Å². The smallest absolute Gasteiger partial charge is 0.0964 e. The average molecular weight is 353 g/mol. The van der Waals surface area contributed by atoms with E-state index in [1.807, 2.05) is 23.0 Å². The van der Waals surface area contributed by atoms with Gasteiger partial charge in [0.2, 0.25) is 0 Å². The summed E-state index contributed by atoms with van der Waals surface area (Å²) in [4.78, 5) is 0. The first kappa shape index (κ1) is 16.1. The molecule has 2 aromatic rings. The Morgan fingerprint density at radius 3 is 2.86 bits per heavy atom. The average Bonchev–Trinajstić information content (AvgIpc) is 2.94. The summed E-state index contributed by atoms with van der Waals surface area (Å²) in [6.07, 6.45) is 3.09. The third kappa shape index (κ3) is 5.95. The van der Waals surface area contributed by atoms with Crippen LogP contribution in [-0.4, -0.2) is 28.1 Å². The Labute approximate surface area is 133 Å². The van der Waals surface area contributed by atoms with Crippen molar-refractivity contribution in [3.8, 4) is 0 Å². The number of rotatable bonds is 9. The van der Waals surface area contributed by atoms with Crippen molar-refractivity contribution in [3.63, 3.8) is 0 Å². The van der Waals surface area contributed by atoms with Gasteiger partial charge in [-0.25, -0.2) is 4.68 Å². The summed E-state index contributed by atoms with van der Waals surface area (Å²) in [6.45, 7) is 5.88. The van der Waals surface area contributed by atoms with Gasteiger partial charge in [0.05, 0.1) is 25.5 Å². The summed E-state index contributed by atoms with van der Waals surface area (Å²) in [5, 5.41) is 11.5. The summed E-state index contributed by atoms with van der Waals surface area (Å²) >= 11 is 3.42. The van der Waals surface area contributed by atoms with Gasteiger partial charge in [0, 0.05) is 17.2 Å². The van der Waals surface area contributed by atoms with E-state index in [2.05, 4.69) is 50.6 Å². The van der Waals surface area contributed by atoms with Crippen molar-refractivity contribution in [2.45, 2.75) is 33.0 Å². The first-order valence-electron chi connectivity index (χ1n) is 7.20. The van der Waals surface area contributed by atoms with Crippen LogP contribution in [0.1, 0.15) is 24.6 Å². The number of aromatic nitrogens is 3. The summed E-state index contributed by atoms with van der Waals surface area (Å²) in [5.41, 5.74) is 2.14. The molecule has 0 saturated carbocycles. The molecular weight excluding hydrogens is 332 g/mol. The van der Waals surface area contributed by atoms with E-state index in [0.717, 1.165) is 36.2 Å². The molecule has 0 bridgehead atoms. The number of nitrogens with zero attached hydrogens (tertiary/aromatic N) is 3. The molecule has 0 unspecified atom stereocenters. The maximum atomic E-state index is 5.65. The minimum absolute atomic E-state index is 0.618. The molecule has 0 aliphatic rings. The molecular formula is C15H21BrN4O. The number of ether oxygens (including phenoxy) is 1. The molecule has 1 N–H and O–H groups in total. The minimum atomic E-state index is 0.618. The second-order valence-corrected chi connectivity index (χ2v) is 5.74. The first-order chi connectivity index (χ1) is 10.3. The lowest BCUT2D eigenvalue weighted by atomic mass is 10.2. The van der Waals surface area contributed by atoms with Crippen LogP contribution in [0, 0.1) is 0 Å². The lowest BCUT2D eigenvalue weighted by Gasteiger charge is -2.04. The molecule has 0 aliphatic heterocycles. The van der Waals surface area contributed by atoms with Crippen LogP contribution in [0.5, 0.6) is 0 Å². The Bertz CT molecular complexity index is 527. The van der Waals surface area contributed by atoms with Crippen LogP contribution in [0.25, 0.3) is 0 Å². The number of hydrogen-bond donors (Lipinski definition) is 1. The molecule has 1 heterocycles. The van der Waals surface area contributed by atoms with Crippen LogP contribution >= 0.6 is 15.9 Å². The molecule has 2 rings (SSSR count). The molecule has 21 heavy (non-hydrogen) atoms. The fraction of sp³-hybridized carbons (Fsp3) is 0.467. The highest BCUT2D eigenvalue weighted by Crippen LogP contribution is 2.11. The summed E-state index contributed by atoms with van der Waals surface area (Å²) in [7, 11) is 0. The highest BCUT2D eigenvalue weighted by Gasteiger charge is 2.00. The molecule has 114 valence electrons. The van der Waals surface area contributed by atoms with Gasteiger partial charge in [0.1, 0.15) is 0 Å². The van der Waals surface area contributed by atoms with Gasteiger partial charge in [-0.05, 0) is 30.7 Å². The fourth-order valence-corrected chi connectivity index (χ4v) is 2.12. The van der Waals surface area contributed by atoms with Crippen LogP contribution in [0.3, 0.4) is 0 Å². The molecule has 5 nitrogen and oxygen atoms in total. The van der Waals surface area contributed by atoms with E-state index >= 15 is 0 Å². The molecule has 0 amide bonds. The van der Waals surface area contributed by atoms with E-state index in [1.165, 1.54) is 5.56 Å². The Morgan fingerprint density at radius 1 is 1.29 bits per heavy atom. The third-order valence-corrected chi connectivity index (χ3v) is 3.49. The van der Waals surface area contributed by atoms with E-state index in [9.17, 15) is 0 Å². The van der Waals surface area contributed by atoms with Crippen molar-refractivity contribution in [3.05, 3.63) is 46.2 Å². The van der Waals surface area contributed by atoms with E-state index < -0.39 is 0 Å². The summed E-state index contributed by atoms with van der Waals surface area (Å²) in [5.74, 6) is 0. The molecule has 0 radical (unpaired) electrons. The topological polar surface area (TPSA) is 52.0 Å². The molecule has 0 fully saturated rings. The van der Waals surface area contributed by atoms with Gasteiger partial charge in [-0.2, -0.15) is 0 Å². The quantitative estimate of drug-likeness (QED) is 0.705. The Morgan fingerprint density at radius 2 is 2.10 bits per heavy atom. The SMILES string of the molecule is CCCNCc1cn(CCOCc2ccc(Br)cc2)nn1. The van der Waals surface area contributed by atoms with Gasteiger partial charge in [0.15, 0.2) is 0 Å². The molecule has 0 atom stereocenters. The van der Waals surface area contributed by atoms with Crippen molar-refractivity contribution in [1.29, 1.82) is 0 Å². The van der Waals surface area contributed by atoms with Crippen molar-refractivity contribution < 1.29 is 4.74 Å². The van der Waals surface area contributed by atoms with Crippen molar-refractivity contribution >= 4 is 15.9 Å². The molecule has 1 aromatic carbocycles. The predicted octanol–water partition coefficient (Wildman–Crippen LogP) is 2.76. The largest absolute Gasteiger partial charge is 0.375 e. The van der Waals surface area contributed by atoms with E-state index in [4.69, 9.17) is 4.74 Å². The number of halogens is 1. The highest BCUT2D eigenvalue weighted by molar-refractivity contribution is 9.10. The number of hydrogen-bond acceptors (Lipinski definition) is 4. The van der Waals surface area contributed by atoms with Gasteiger partial charge >= 0.3 is 0 Å². The standard InChI is InChI=1S/C15H21BrN4O/c1-2-7-17-10-15-11-20(19-18-15)8-9-21-12-13-3-5-14(16)6-4-13/h3-6,11,17H,2,7-10,12H2,1H3. The lowest BCUT2D eigenvalue weighted by molar-refractivity contribution is 0.110. The second-order valence-electron chi connectivity index (χ2n) is 4.83. The monoisotopic (exact) mass is 352 g/mol. The fourth-order valence-electron chi connectivity index (χ4n) is 1.85. The highest BCUT2D eigenvalue weighted by atomic mass is 79.9. The second kappa shape index (κ2) is 8.92. The van der Waals surface area contributed by atoms with Crippen LogP contribution in [0.4, 0.5) is 0 Å². The Balaban J connectivity index is 1.65. The van der Waals surface area contributed by atoms with Gasteiger partial charge in [-0.1, -0.05) is 40.2 Å². The predicted molar refractivity (Wildman–Crippen MR) is 85.8 cm³/mol. The molecule has 0 spiro atoms. The van der Waals surface area contributed by atoms with Gasteiger partial charge in [-0.15, -0.1) is 5.10 Å². The first-order valence-corrected chi connectivity index (χ1v) is 7.99. The van der Waals surface area contributed by atoms with Gasteiger partial charge < -0.3 is 10.1 Å². The van der Waals surface area contributed by atoms with Crippen LogP contribution < -0.4 is 5.32 Å². The van der Waals surface area contributed by atoms with Crippen LogP contribution in [-0.2, 0) is 24.4 Å². The van der Waals surface area contributed by atoms with Crippen molar-refractivity contribution in [1.82, 2.24) is 20.3 Å². The Kier molecular flexibility index (Phi) is 6.85. The lowest BCUT2D eigenvalue weighted by Crippen LogP contribution is -2.14. The zero-order chi connectivity index (χ0) is 14.9.